The second-order valence-corrected chi connectivity index (χ2v) is 5.52. The van der Waals surface area contributed by atoms with Gasteiger partial charge in [0.1, 0.15) is 17.0 Å². The third kappa shape index (κ3) is 2.72. The molecule has 0 spiro atoms. The molecule has 1 saturated heterocycles. The van der Waals surface area contributed by atoms with Crippen LogP contribution in [0.4, 0.5) is 0 Å². The number of rotatable bonds is 3. The van der Waals surface area contributed by atoms with Crippen LogP contribution >= 0.6 is 0 Å². The van der Waals surface area contributed by atoms with Gasteiger partial charge >= 0.3 is 5.97 Å². The summed E-state index contributed by atoms with van der Waals surface area (Å²) in [5.41, 5.74) is -0.829. The van der Waals surface area contributed by atoms with Crippen molar-refractivity contribution < 1.29 is 20.1 Å². The number of carboxylic acid groups (broad SMARTS) is 1. The maximum Gasteiger partial charge on any atom is 0.328 e. The highest BCUT2D eigenvalue weighted by atomic mass is 16.4. The van der Waals surface area contributed by atoms with Crippen molar-refractivity contribution in [2.45, 2.75) is 38.1 Å². The molecule has 1 atom stereocenters. The van der Waals surface area contributed by atoms with Gasteiger partial charge in [-0.1, -0.05) is 12.8 Å². The molecular formula is C15H21NO4. The van der Waals surface area contributed by atoms with Crippen LogP contribution < -0.4 is 0 Å². The minimum Gasteiger partial charge on any atom is -0.508 e. The Morgan fingerprint density at radius 3 is 2.00 bits per heavy atom. The Hall–Kier alpha value is -1.75. The van der Waals surface area contributed by atoms with Crippen LogP contribution in [-0.2, 0) is 10.3 Å². The van der Waals surface area contributed by atoms with E-state index < -0.39 is 11.5 Å². The summed E-state index contributed by atoms with van der Waals surface area (Å²) in [4.78, 5) is 13.8. The Labute approximate surface area is 118 Å². The van der Waals surface area contributed by atoms with Crippen molar-refractivity contribution in [3.8, 4) is 11.5 Å². The molecule has 0 aliphatic carbocycles. The van der Waals surface area contributed by atoms with E-state index in [1.165, 1.54) is 18.2 Å². The summed E-state index contributed by atoms with van der Waals surface area (Å²) in [5, 5.41) is 28.9. The third-order valence-electron chi connectivity index (χ3n) is 4.12. The van der Waals surface area contributed by atoms with Gasteiger partial charge in [-0.2, -0.15) is 0 Å². The largest absolute Gasteiger partial charge is 0.508 e. The van der Waals surface area contributed by atoms with Gasteiger partial charge in [0.05, 0.1) is 0 Å². The average molecular weight is 279 g/mol. The lowest BCUT2D eigenvalue weighted by atomic mass is 9.89. The maximum atomic E-state index is 11.9. The predicted octanol–water partition coefficient (Wildman–Crippen LogP) is 2.27. The van der Waals surface area contributed by atoms with E-state index in [2.05, 4.69) is 0 Å². The van der Waals surface area contributed by atoms with Crippen LogP contribution in [-0.4, -0.2) is 39.3 Å². The fourth-order valence-corrected chi connectivity index (χ4v) is 2.84. The molecule has 0 radical (unpaired) electrons. The molecular weight excluding hydrogens is 258 g/mol. The van der Waals surface area contributed by atoms with E-state index in [0.717, 1.165) is 25.7 Å². The standard InChI is InChI=1S/C15H21NO4/c1-15(14(19)20,16-6-4-2-3-5-7-16)11-8-12(17)10-13(18)9-11/h8-10,17-18H,2-7H2,1H3,(H,19,20). The topological polar surface area (TPSA) is 81.0 Å². The van der Waals surface area contributed by atoms with Crippen molar-refractivity contribution in [1.82, 2.24) is 4.90 Å². The monoisotopic (exact) mass is 279 g/mol. The fourth-order valence-electron chi connectivity index (χ4n) is 2.84. The highest BCUT2D eigenvalue weighted by Crippen LogP contribution is 2.35. The first-order valence-corrected chi connectivity index (χ1v) is 6.96. The Balaban J connectivity index is 2.44. The van der Waals surface area contributed by atoms with Crippen LogP contribution in [0.1, 0.15) is 38.2 Å². The summed E-state index contributed by atoms with van der Waals surface area (Å²) in [5.74, 6) is -1.21. The second-order valence-electron chi connectivity index (χ2n) is 5.52. The second kappa shape index (κ2) is 5.71. The Morgan fingerprint density at radius 2 is 1.55 bits per heavy atom. The van der Waals surface area contributed by atoms with Crippen molar-refractivity contribution in [3.05, 3.63) is 23.8 Å². The first kappa shape index (κ1) is 14.7. The van der Waals surface area contributed by atoms with Gasteiger partial charge in [-0.25, -0.2) is 4.79 Å². The zero-order valence-corrected chi connectivity index (χ0v) is 11.7. The lowest BCUT2D eigenvalue weighted by molar-refractivity contribution is -0.151. The summed E-state index contributed by atoms with van der Waals surface area (Å²) < 4.78 is 0. The normalized spacial score (nSPS) is 20.1. The van der Waals surface area contributed by atoms with E-state index in [-0.39, 0.29) is 11.5 Å². The summed E-state index contributed by atoms with van der Waals surface area (Å²) in [6, 6.07) is 4.03. The van der Waals surface area contributed by atoms with Crippen molar-refractivity contribution in [2.24, 2.45) is 0 Å². The molecule has 20 heavy (non-hydrogen) atoms. The lowest BCUT2D eigenvalue weighted by Crippen LogP contribution is -2.50. The van der Waals surface area contributed by atoms with Crippen LogP contribution in [0, 0.1) is 0 Å². The number of hydrogen-bond donors (Lipinski definition) is 3. The van der Waals surface area contributed by atoms with E-state index in [4.69, 9.17) is 0 Å². The van der Waals surface area contributed by atoms with E-state index in [0.29, 0.717) is 18.7 Å². The molecule has 2 rings (SSSR count). The summed E-state index contributed by atoms with van der Waals surface area (Å²) in [7, 11) is 0. The minimum atomic E-state index is -1.24. The van der Waals surface area contributed by atoms with E-state index >= 15 is 0 Å². The lowest BCUT2D eigenvalue weighted by Gasteiger charge is -2.37. The minimum absolute atomic E-state index is 0.123. The number of nitrogens with zero attached hydrogens (tertiary/aromatic N) is 1. The van der Waals surface area contributed by atoms with Gasteiger partial charge in [0.25, 0.3) is 0 Å². The quantitative estimate of drug-likeness (QED) is 0.791. The fraction of sp³-hybridized carbons (Fsp3) is 0.533. The number of aliphatic carboxylic acids is 1. The summed E-state index contributed by atoms with van der Waals surface area (Å²) >= 11 is 0. The predicted molar refractivity (Wildman–Crippen MR) is 74.8 cm³/mol. The Bertz CT molecular complexity index is 474. The van der Waals surface area contributed by atoms with Gasteiger partial charge in [0.2, 0.25) is 0 Å². The first-order chi connectivity index (χ1) is 9.44. The van der Waals surface area contributed by atoms with E-state index in [1.807, 2.05) is 4.90 Å². The number of benzene rings is 1. The zero-order chi connectivity index (χ0) is 14.8. The molecule has 1 unspecified atom stereocenters. The molecule has 0 aromatic heterocycles. The van der Waals surface area contributed by atoms with Gasteiger partial charge < -0.3 is 15.3 Å². The highest BCUT2D eigenvalue weighted by molar-refractivity contribution is 5.80. The molecule has 1 aliphatic rings. The molecule has 1 aliphatic heterocycles. The number of phenols is 2. The molecule has 110 valence electrons. The molecule has 1 heterocycles. The van der Waals surface area contributed by atoms with Crippen LogP contribution in [0.3, 0.4) is 0 Å². The highest BCUT2D eigenvalue weighted by Gasteiger charge is 2.41. The SMILES string of the molecule is CC(C(=O)O)(c1cc(O)cc(O)c1)N1CCCCCC1. The Morgan fingerprint density at radius 1 is 1.05 bits per heavy atom. The molecule has 1 aromatic rings. The van der Waals surface area contributed by atoms with E-state index in [1.54, 1.807) is 6.92 Å². The molecule has 0 bridgehead atoms. The molecule has 0 amide bonds. The maximum absolute atomic E-state index is 11.9. The van der Waals surface area contributed by atoms with Crippen molar-refractivity contribution in [1.29, 1.82) is 0 Å². The number of carbonyl (C=O) groups is 1. The number of hydrogen-bond acceptors (Lipinski definition) is 4. The number of carboxylic acids is 1. The molecule has 5 heteroatoms. The number of aromatic hydroxyl groups is 2. The zero-order valence-electron chi connectivity index (χ0n) is 11.7. The van der Waals surface area contributed by atoms with E-state index in [9.17, 15) is 20.1 Å². The molecule has 5 nitrogen and oxygen atoms in total. The van der Waals surface area contributed by atoms with Gasteiger partial charge in [-0.3, -0.25) is 4.90 Å². The van der Waals surface area contributed by atoms with Crippen LogP contribution in [0.2, 0.25) is 0 Å². The molecule has 3 N–H and O–H groups in total. The average Bonchev–Trinajstić information content (AvgIpc) is 2.65. The first-order valence-electron chi connectivity index (χ1n) is 6.96. The smallest absolute Gasteiger partial charge is 0.328 e. The molecule has 1 aromatic carbocycles. The van der Waals surface area contributed by atoms with Crippen LogP contribution in [0.15, 0.2) is 18.2 Å². The van der Waals surface area contributed by atoms with Crippen molar-refractivity contribution in [3.63, 3.8) is 0 Å². The van der Waals surface area contributed by atoms with Gasteiger partial charge in [0, 0.05) is 6.07 Å². The summed E-state index contributed by atoms with van der Waals surface area (Å²) in [6.45, 7) is 3.05. The van der Waals surface area contributed by atoms with Crippen molar-refractivity contribution in [2.75, 3.05) is 13.1 Å². The van der Waals surface area contributed by atoms with Gasteiger partial charge in [-0.15, -0.1) is 0 Å². The third-order valence-corrected chi connectivity index (χ3v) is 4.12. The van der Waals surface area contributed by atoms with Gasteiger partial charge in [-0.05, 0) is 50.6 Å². The molecule has 1 fully saturated rings. The van der Waals surface area contributed by atoms with Crippen LogP contribution in [0.5, 0.6) is 11.5 Å². The number of likely N-dealkylation sites (tertiary alicyclic amines) is 1. The Kier molecular flexibility index (Phi) is 4.18. The van der Waals surface area contributed by atoms with Crippen molar-refractivity contribution >= 4 is 5.97 Å². The van der Waals surface area contributed by atoms with Gasteiger partial charge in [0.15, 0.2) is 0 Å². The number of phenolic OH excluding ortho intramolecular Hbond substituents is 2. The summed E-state index contributed by atoms with van der Waals surface area (Å²) in [6.07, 6.45) is 4.15. The molecule has 0 saturated carbocycles. The van der Waals surface area contributed by atoms with Crippen LogP contribution in [0.25, 0.3) is 0 Å².